The summed E-state index contributed by atoms with van der Waals surface area (Å²) in [6, 6.07) is 13.6. The van der Waals surface area contributed by atoms with Crippen molar-refractivity contribution in [1.82, 2.24) is 4.57 Å². The van der Waals surface area contributed by atoms with Crippen molar-refractivity contribution in [2.75, 3.05) is 0 Å². The fourth-order valence-corrected chi connectivity index (χ4v) is 2.35. The molecule has 0 saturated heterocycles. The molecule has 0 radical (unpaired) electrons. The number of pyridine rings is 1. The van der Waals surface area contributed by atoms with Gasteiger partial charge in [-0.25, -0.2) is 4.39 Å². The predicted molar refractivity (Wildman–Crippen MR) is 80.9 cm³/mol. The van der Waals surface area contributed by atoms with E-state index >= 15 is 0 Å². The normalized spacial score (nSPS) is 10.1. The van der Waals surface area contributed by atoms with Crippen molar-refractivity contribution in [3.63, 3.8) is 0 Å². The van der Waals surface area contributed by atoms with E-state index in [4.69, 9.17) is 0 Å². The Kier molecular flexibility index (Phi) is 5.82. The molecule has 0 bridgehead atoms. The summed E-state index contributed by atoms with van der Waals surface area (Å²) >= 11 is 0. The first-order valence-corrected chi connectivity index (χ1v) is 7.08. The zero-order valence-electron chi connectivity index (χ0n) is 12.4. The molecule has 0 N–H and O–H groups in total. The first-order valence-electron chi connectivity index (χ1n) is 7.08. The summed E-state index contributed by atoms with van der Waals surface area (Å²) in [6.07, 6.45) is 7.82. The summed E-state index contributed by atoms with van der Waals surface area (Å²) in [5.41, 5.74) is 1.63. The fourth-order valence-electron chi connectivity index (χ4n) is 2.35. The van der Waals surface area contributed by atoms with Crippen molar-refractivity contribution in [1.29, 1.82) is 0 Å². The summed E-state index contributed by atoms with van der Waals surface area (Å²) in [7, 11) is 0. The molecular formula is C18H16BrFN2O. The quantitative estimate of drug-likeness (QED) is 0.450. The summed E-state index contributed by atoms with van der Waals surface area (Å²) in [5, 5.41) is 0. The lowest BCUT2D eigenvalue weighted by Crippen LogP contribution is -3.00. The second kappa shape index (κ2) is 7.83. The largest absolute Gasteiger partial charge is 1.00 e. The van der Waals surface area contributed by atoms with Gasteiger partial charge in [0, 0.05) is 29.6 Å². The molecule has 3 nitrogen and oxygen atoms in total. The van der Waals surface area contributed by atoms with Crippen LogP contribution in [0.3, 0.4) is 0 Å². The first kappa shape index (κ1) is 17.1. The van der Waals surface area contributed by atoms with Gasteiger partial charge in [-0.05, 0) is 42.5 Å². The summed E-state index contributed by atoms with van der Waals surface area (Å²) in [5.74, 6) is -0.374. The third-order valence-corrected chi connectivity index (χ3v) is 3.44. The van der Waals surface area contributed by atoms with Gasteiger partial charge < -0.3 is 21.5 Å². The minimum Gasteiger partial charge on any atom is -1.00 e. The number of hydrogen-bond donors (Lipinski definition) is 0. The van der Waals surface area contributed by atoms with E-state index < -0.39 is 0 Å². The number of carbonyl (C=O) groups excluding carboxylic acids is 1. The summed E-state index contributed by atoms with van der Waals surface area (Å²) in [6.45, 7) is 1.00. The number of nitrogens with zero attached hydrogens (tertiary/aromatic N) is 2. The van der Waals surface area contributed by atoms with E-state index in [0.29, 0.717) is 5.56 Å². The van der Waals surface area contributed by atoms with Crippen LogP contribution in [0.4, 0.5) is 4.39 Å². The maximum absolute atomic E-state index is 12.9. The number of halogens is 2. The Bertz CT molecular complexity index is 770. The molecule has 1 aromatic carbocycles. The SMILES string of the molecule is O=C(C[n+]1cccc(Cn2cccc2)c1)c1ccc(F)cc1.[Br-]. The van der Waals surface area contributed by atoms with Gasteiger partial charge in [0.25, 0.3) is 0 Å². The molecule has 0 unspecified atom stereocenters. The zero-order chi connectivity index (χ0) is 15.4. The maximum atomic E-state index is 12.9. The predicted octanol–water partition coefficient (Wildman–Crippen LogP) is -0.150. The van der Waals surface area contributed by atoms with Crippen LogP contribution in [0.5, 0.6) is 0 Å². The van der Waals surface area contributed by atoms with Gasteiger partial charge in [-0.15, -0.1) is 0 Å². The van der Waals surface area contributed by atoms with Gasteiger partial charge in [0.1, 0.15) is 5.82 Å². The summed E-state index contributed by atoms with van der Waals surface area (Å²) in [4.78, 5) is 12.2. The first-order chi connectivity index (χ1) is 10.7. The number of ketones is 1. The van der Waals surface area contributed by atoms with Gasteiger partial charge in [-0.1, -0.05) is 0 Å². The van der Waals surface area contributed by atoms with Crippen molar-refractivity contribution in [2.45, 2.75) is 13.1 Å². The van der Waals surface area contributed by atoms with Gasteiger partial charge in [0.05, 0.1) is 6.54 Å². The Morgan fingerprint density at radius 1 is 1.04 bits per heavy atom. The molecule has 0 amide bonds. The molecule has 3 rings (SSSR count). The van der Waals surface area contributed by atoms with Crippen LogP contribution in [0.15, 0.2) is 73.3 Å². The van der Waals surface area contributed by atoms with Gasteiger partial charge >= 0.3 is 0 Å². The molecule has 0 aliphatic heterocycles. The molecule has 5 heteroatoms. The standard InChI is InChI=1S/C18H16FN2O.BrH/c19-17-7-5-16(6-8-17)18(22)14-21-11-3-4-15(13-21)12-20-9-1-2-10-20;/h1-11,13H,12,14H2;1H/q+1;/p-1. The van der Waals surface area contributed by atoms with Crippen molar-refractivity contribution in [3.05, 3.63) is 90.3 Å². The van der Waals surface area contributed by atoms with Gasteiger partial charge in [0.15, 0.2) is 12.4 Å². The lowest BCUT2D eigenvalue weighted by Gasteiger charge is -2.03. The Hall–Kier alpha value is -2.27. The van der Waals surface area contributed by atoms with Crippen LogP contribution in [-0.4, -0.2) is 10.4 Å². The van der Waals surface area contributed by atoms with Gasteiger partial charge in [-0.2, -0.15) is 4.57 Å². The van der Waals surface area contributed by atoms with Crippen LogP contribution >= 0.6 is 0 Å². The lowest BCUT2D eigenvalue weighted by atomic mass is 10.1. The van der Waals surface area contributed by atoms with E-state index in [0.717, 1.165) is 12.1 Å². The second-order valence-corrected chi connectivity index (χ2v) is 5.17. The number of aromatic nitrogens is 2. The molecule has 2 aromatic heterocycles. The van der Waals surface area contributed by atoms with E-state index in [1.165, 1.54) is 24.3 Å². The van der Waals surface area contributed by atoms with Crippen molar-refractivity contribution in [3.8, 4) is 0 Å². The molecule has 118 valence electrons. The van der Waals surface area contributed by atoms with E-state index in [-0.39, 0.29) is 35.1 Å². The van der Waals surface area contributed by atoms with Crippen LogP contribution in [-0.2, 0) is 13.1 Å². The molecule has 23 heavy (non-hydrogen) atoms. The van der Waals surface area contributed by atoms with Crippen LogP contribution in [0.1, 0.15) is 15.9 Å². The fraction of sp³-hybridized carbons (Fsp3) is 0.111. The van der Waals surface area contributed by atoms with E-state index in [9.17, 15) is 9.18 Å². The topological polar surface area (TPSA) is 25.9 Å². The molecule has 3 aromatic rings. The minimum atomic E-state index is -0.335. The van der Waals surface area contributed by atoms with Crippen molar-refractivity contribution >= 4 is 5.78 Å². The Balaban J connectivity index is 0.00000192. The molecule has 0 spiro atoms. The van der Waals surface area contributed by atoms with Crippen LogP contribution < -0.4 is 21.5 Å². The van der Waals surface area contributed by atoms with E-state index in [2.05, 4.69) is 4.57 Å². The van der Waals surface area contributed by atoms with Crippen molar-refractivity contribution < 1.29 is 30.7 Å². The average molecular weight is 375 g/mol. The van der Waals surface area contributed by atoms with E-state index in [1.807, 2.05) is 53.6 Å². The zero-order valence-corrected chi connectivity index (χ0v) is 14.0. The van der Waals surface area contributed by atoms with Gasteiger partial charge in [-0.3, -0.25) is 4.79 Å². The average Bonchev–Trinajstić information content (AvgIpc) is 3.01. The van der Waals surface area contributed by atoms with Crippen LogP contribution in [0.25, 0.3) is 0 Å². The molecule has 0 atom stereocenters. The second-order valence-electron chi connectivity index (χ2n) is 5.17. The monoisotopic (exact) mass is 374 g/mol. The molecular weight excluding hydrogens is 359 g/mol. The highest BCUT2D eigenvalue weighted by atomic mass is 79.9. The third-order valence-electron chi connectivity index (χ3n) is 3.44. The molecule has 0 fully saturated rings. The van der Waals surface area contributed by atoms with Gasteiger partial charge in [0.2, 0.25) is 12.3 Å². The van der Waals surface area contributed by atoms with Crippen molar-refractivity contribution in [2.24, 2.45) is 0 Å². The smallest absolute Gasteiger partial charge is 0.227 e. The minimum absolute atomic E-state index is 0. The maximum Gasteiger partial charge on any atom is 0.227 e. The highest BCUT2D eigenvalue weighted by Crippen LogP contribution is 2.04. The van der Waals surface area contributed by atoms with Crippen LogP contribution in [0, 0.1) is 5.82 Å². The number of hydrogen-bond acceptors (Lipinski definition) is 1. The highest BCUT2D eigenvalue weighted by Gasteiger charge is 2.12. The van der Waals surface area contributed by atoms with E-state index in [1.54, 1.807) is 0 Å². The highest BCUT2D eigenvalue weighted by molar-refractivity contribution is 5.94. The molecule has 0 aliphatic carbocycles. The number of Topliss-reactive ketones (excluding diaryl/α,β-unsaturated/α-hetero) is 1. The lowest BCUT2D eigenvalue weighted by molar-refractivity contribution is -0.683. The molecule has 0 aliphatic rings. The Labute approximate surface area is 144 Å². The van der Waals surface area contributed by atoms with Crippen LogP contribution in [0.2, 0.25) is 0 Å². The Morgan fingerprint density at radius 2 is 1.74 bits per heavy atom. The third kappa shape index (κ3) is 4.60. The number of benzene rings is 1. The summed E-state index contributed by atoms with van der Waals surface area (Å²) < 4.78 is 16.8. The number of rotatable bonds is 5. The Morgan fingerprint density at radius 3 is 2.43 bits per heavy atom. The molecule has 0 saturated carbocycles. The number of carbonyl (C=O) groups is 1. The molecule has 2 heterocycles.